The maximum absolute atomic E-state index is 13.2. The number of fused-ring (bicyclic) bond motifs is 1. The Morgan fingerprint density at radius 3 is 2.44 bits per heavy atom. The number of rotatable bonds is 7. The molecule has 0 radical (unpaired) electrons. The molecule has 0 aromatic heterocycles. The third kappa shape index (κ3) is 6.94. The number of hydrogen-bond acceptors (Lipinski definition) is 6. The molecule has 4 aromatic carbocycles. The highest BCUT2D eigenvalue weighted by atomic mass is 19.1. The van der Waals surface area contributed by atoms with Crippen molar-refractivity contribution in [1.82, 2.24) is 0 Å². The van der Waals surface area contributed by atoms with Gasteiger partial charge in [-0.15, -0.1) is 0 Å². The number of benzene rings is 4. The minimum absolute atomic E-state index is 0.0280. The van der Waals surface area contributed by atoms with E-state index >= 15 is 0 Å². The zero-order valence-electron chi connectivity index (χ0n) is 24.1. The molecule has 1 atom stereocenters. The number of nitrogens with two attached hydrogens (primary N) is 1. The highest BCUT2D eigenvalue weighted by Crippen LogP contribution is 2.44. The number of allylic oxidation sites excluding steroid dienone is 1. The molecule has 5 rings (SSSR count). The first-order valence-electron chi connectivity index (χ1n) is 13.8. The first-order valence-corrected chi connectivity index (χ1v) is 13.8. The van der Waals surface area contributed by atoms with Crippen LogP contribution in [-0.2, 0) is 16.8 Å². The summed E-state index contributed by atoms with van der Waals surface area (Å²) in [6.07, 6.45) is 3.07. The molecule has 0 spiro atoms. The van der Waals surface area contributed by atoms with Crippen molar-refractivity contribution < 1.29 is 23.4 Å². The van der Waals surface area contributed by atoms with Crippen LogP contribution in [0.25, 0.3) is 6.08 Å². The van der Waals surface area contributed by atoms with Gasteiger partial charge in [0, 0.05) is 17.7 Å². The number of esters is 1. The molecule has 1 unspecified atom stereocenters. The van der Waals surface area contributed by atoms with Crippen LogP contribution in [0.15, 0.2) is 109 Å². The number of halogens is 1. The topological polar surface area (TPSA) is 94.6 Å². The summed E-state index contributed by atoms with van der Waals surface area (Å²) in [5.41, 5.74) is 10.8. The summed E-state index contributed by atoms with van der Waals surface area (Å²) in [4.78, 5) is 12.6. The van der Waals surface area contributed by atoms with Crippen LogP contribution in [0.3, 0.4) is 0 Å². The maximum atomic E-state index is 13.2. The Balaban J connectivity index is 1.33. The van der Waals surface area contributed by atoms with Crippen molar-refractivity contribution in [2.45, 2.75) is 38.7 Å². The lowest BCUT2D eigenvalue weighted by atomic mass is 9.83. The highest BCUT2D eigenvalue weighted by Gasteiger charge is 2.31. The van der Waals surface area contributed by atoms with Crippen LogP contribution >= 0.6 is 0 Å². The molecule has 1 heterocycles. The second-order valence-electron chi connectivity index (χ2n) is 11.2. The maximum Gasteiger partial charge on any atom is 0.336 e. The van der Waals surface area contributed by atoms with Crippen LogP contribution in [-0.4, -0.2) is 5.97 Å². The lowest BCUT2D eigenvalue weighted by molar-refractivity contribution is -0.128. The minimum atomic E-state index is -0.542. The fraction of sp³-hybridized carbons (Fsp3) is 0.167. The standard InChI is InChI=1S/C36H31FN2O4/c1-36(2,3)26-12-7-23(8-13-26)11-18-33(40)42-29-16-17-30-32(20-29)43-35(39)31(21-38)34(30)25-5-4-6-28(19-25)41-22-24-9-14-27(37)15-10-24/h4-20,34H,22,39H2,1-3H3/b18-11+. The molecule has 0 saturated heterocycles. The number of hydrogen-bond donors (Lipinski definition) is 1. The van der Waals surface area contributed by atoms with Crippen molar-refractivity contribution in [3.05, 3.63) is 142 Å². The Bertz CT molecular complexity index is 1740. The van der Waals surface area contributed by atoms with Crippen molar-refractivity contribution in [2.24, 2.45) is 5.73 Å². The van der Waals surface area contributed by atoms with Gasteiger partial charge in [-0.25, -0.2) is 9.18 Å². The number of carbonyl (C=O) groups excluding carboxylic acids is 1. The summed E-state index contributed by atoms with van der Waals surface area (Å²) in [6, 6.07) is 28.6. The number of nitrogens with zero attached hydrogens (tertiary/aromatic N) is 1. The monoisotopic (exact) mass is 574 g/mol. The molecule has 216 valence electrons. The van der Waals surface area contributed by atoms with Crippen molar-refractivity contribution in [2.75, 3.05) is 0 Å². The van der Waals surface area contributed by atoms with Crippen molar-refractivity contribution >= 4 is 12.0 Å². The predicted octanol–water partition coefficient (Wildman–Crippen LogP) is 7.54. The van der Waals surface area contributed by atoms with Gasteiger partial charge in [0.05, 0.1) is 5.92 Å². The molecule has 43 heavy (non-hydrogen) atoms. The summed E-state index contributed by atoms with van der Waals surface area (Å²) in [5, 5.41) is 9.94. The third-order valence-corrected chi connectivity index (χ3v) is 7.11. The second-order valence-corrected chi connectivity index (χ2v) is 11.2. The number of carbonyl (C=O) groups is 1. The van der Waals surface area contributed by atoms with Crippen molar-refractivity contribution in [3.8, 4) is 23.3 Å². The van der Waals surface area contributed by atoms with E-state index in [9.17, 15) is 14.4 Å². The average molecular weight is 575 g/mol. The molecule has 0 amide bonds. The predicted molar refractivity (Wildman–Crippen MR) is 163 cm³/mol. The van der Waals surface area contributed by atoms with Crippen LogP contribution < -0.4 is 19.9 Å². The summed E-state index contributed by atoms with van der Waals surface area (Å²) < 4.78 is 30.5. The van der Waals surface area contributed by atoms with E-state index in [0.717, 1.165) is 16.7 Å². The van der Waals surface area contributed by atoms with Gasteiger partial charge in [-0.05, 0) is 64.1 Å². The molecular weight excluding hydrogens is 543 g/mol. The summed E-state index contributed by atoms with van der Waals surface area (Å²) in [5.74, 6) is -0.168. The van der Waals surface area contributed by atoms with Crippen molar-refractivity contribution in [1.29, 1.82) is 5.26 Å². The molecule has 2 N–H and O–H groups in total. The van der Waals surface area contributed by atoms with Crippen LogP contribution in [0, 0.1) is 17.1 Å². The van der Waals surface area contributed by atoms with E-state index in [1.54, 1.807) is 42.5 Å². The van der Waals surface area contributed by atoms with Gasteiger partial charge in [0.15, 0.2) is 0 Å². The van der Waals surface area contributed by atoms with Crippen LogP contribution in [0.4, 0.5) is 4.39 Å². The first-order chi connectivity index (χ1) is 20.6. The molecule has 1 aliphatic heterocycles. The fourth-order valence-corrected chi connectivity index (χ4v) is 4.78. The molecule has 0 bridgehead atoms. The van der Waals surface area contributed by atoms with E-state index in [-0.39, 0.29) is 35.0 Å². The molecule has 0 aliphatic carbocycles. The van der Waals surface area contributed by atoms with Crippen LogP contribution in [0.2, 0.25) is 0 Å². The van der Waals surface area contributed by atoms with E-state index in [1.807, 2.05) is 42.5 Å². The molecule has 7 heteroatoms. The van der Waals surface area contributed by atoms with E-state index in [4.69, 9.17) is 19.9 Å². The van der Waals surface area contributed by atoms with Gasteiger partial charge in [-0.2, -0.15) is 5.26 Å². The van der Waals surface area contributed by atoms with Gasteiger partial charge in [-0.1, -0.05) is 75.4 Å². The Morgan fingerprint density at radius 1 is 1.00 bits per heavy atom. The minimum Gasteiger partial charge on any atom is -0.489 e. The van der Waals surface area contributed by atoms with Gasteiger partial charge >= 0.3 is 5.97 Å². The molecule has 1 aliphatic rings. The lowest BCUT2D eigenvalue weighted by Crippen LogP contribution is -2.21. The molecular formula is C36H31FN2O4. The summed E-state index contributed by atoms with van der Waals surface area (Å²) in [7, 11) is 0. The molecule has 0 fully saturated rings. The van der Waals surface area contributed by atoms with Crippen LogP contribution in [0.5, 0.6) is 17.2 Å². The Morgan fingerprint density at radius 2 is 1.74 bits per heavy atom. The fourth-order valence-electron chi connectivity index (χ4n) is 4.78. The Kier molecular flexibility index (Phi) is 8.31. The molecule has 6 nitrogen and oxygen atoms in total. The lowest BCUT2D eigenvalue weighted by Gasteiger charge is -2.27. The van der Waals surface area contributed by atoms with E-state index in [2.05, 4.69) is 26.8 Å². The first kappa shape index (κ1) is 29.2. The zero-order valence-corrected chi connectivity index (χ0v) is 24.1. The van der Waals surface area contributed by atoms with Crippen LogP contribution in [0.1, 0.15) is 54.5 Å². The summed E-state index contributed by atoms with van der Waals surface area (Å²) >= 11 is 0. The van der Waals surface area contributed by atoms with Crippen molar-refractivity contribution in [3.63, 3.8) is 0 Å². The average Bonchev–Trinajstić information content (AvgIpc) is 2.99. The van der Waals surface area contributed by atoms with E-state index in [0.29, 0.717) is 17.1 Å². The number of nitriles is 1. The van der Waals surface area contributed by atoms with Gasteiger partial charge in [0.1, 0.15) is 41.3 Å². The van der Waals surface area contributed by atoms with Gasteiger partial charge in [-0.3, -0.25) is 0 Å². The third-order valence-electron chi connectivity index (χ3n) is 7.11. The van der Waals surface area contributed by atoms with Gasteiger partial charge < -0.3 is 19.9 Å². The smallest absolute Gasteiger partial charge is 0.336 e. The van der Waals surface area contributed by atoms with Gasteiger partial charge in [0.2, 0.25) is 5.88 Å². The zero-order chi connectivity index (χ0) is 30.6. The highest BCUT2D eigenvalue weighted by molar-refractivity contribution is 5.88. The Hall–Kier alpha value is -5.35. The SMILES string of the molecule is CC(C)(C)c1ccc(/C=C/C(=O)Oc2ccc3c(c2)OC(N)=C(C#N)C3c2cccc(OCc3ccc(F)cc3)c2)cc1. The second kappa shape index (κ2) is 12.3. The van der Waals surface area contributed by atoms with E-state index in [1.165, 1.54) is 23.8 Å². The Labute approximate surface area is 250 Å². The van der Waals surface area contributed by atoms with Gasteiger partial charge in [0.25, 0.3) is 0 Å². The van der Waals surface area contributed by atoms with E-state index < -0.39 is 11.9 Å². The molecule has 4 aromatic rings. The largest absolute Gasteiger partial charge is 0.489 e. The number of ether oxygens (including phenoxy) is 3. The quantitative estimate of drug-likeness (QED) is 0.139. The summed E-state index contributed by atoms with van der Waals surface area (Å²) in [6.45, 7) is 6.69. The normalized spacial score (nSPS) is 14.5. The molecule has 0 saturated carbocycles.